The highest BCUT2D eigenvalue weighted by atomic mass is 16.5. The molecule has 1 unspecified atom stereocenters. The lowest BCUT2D eigenvalue weighted by molar-refractivity contribution is -0.138. The van der Waals surface area contributed by atoms with E-state index in [4.69, 9.17) is 4.74 Å². The summed E-state index contributed by atoms with van der Waals surface area (Å²) in [6, 6.07) is 6.08. The summed E-state index contributed by atoms with van der Waals surface area (Å²) in [6.45, 7) is 9.94. The number of rotatable bonds is 6. The number of morpholine rings is 1. The topological polar surface area (TPSA) is 70.2 Å². The number of amides is 3. The van der Waals surface area contributed by atoms with Crippen molar-refractivity contribution in [2.45, 2.75) is 39.2 Å². The van der Waals surface area contributed by atoms with Gasteiger partial charge in [-0.15, -0.1) is 0 Å². The molecule has 4 rings (SSSR count). The van der Waals surface area contributed by atoms with Gasteiger partial charge >= 0.3 is 0 Å². The molecule has 0 N–H and O–H groups in total. The molecule has 3 aliphatic heterocycles. The molecule has 0 saturated carbocycles. The molecule has 1 aromatic rings. The number of piperidine rings is 1. The van der Waals surface area contributed by atoms with E-state index in [9.17, 15) is 14.4 Å². The SMILES string of the molecule is CC(C)C(C(=O)N1CCC(CCN2CCOCC2)CC1)N1C(=O)c2ccccc2C1=O. The Labute approximate surface area is 184 Å². The number of nitrogens with zero attached hydrogens (tertiary/aromatic N) is 3. The number of ether oxygens (including phenoxy) is 1. The van der Waals surface area contributed by atoms with Gasteiger partial charge in [0.2, 0.25) is 5.91 Å². The molecule has 2 saturated heterocycles. The Morgan fingerprint density at radius 1 is 1.00 bits per heavy atom. The molecular weight excluding hydrogens is 394 g/mol. The van der Waals surface area contributed by atoms with Crippen LogP contribution in [0.15, 0.2) is 24.3 Å². The second kappa shape index (κ2) is 9.49. The minimum absolute atomic E-state index is 0.101. The predicted molar refractivity (Wildman–Crippen MR) is 117 cm³/mol. The van der Waals surface area contributed by atoms with Gasteiger partial charge in [-0.25, -0.2) is 0 Å². The Bertz CT molecular complexity index is 791. The summed E-state index contributed by atoms with van der Waals surface area (Å²) in [5, 5.41) is 0. The van der Waals surface area contributed by atoms with E-state index in [1.165, 1.54) is 4.90 Å². The Kier molecular flexibility index (Phi) is 6.72. The van der Waals surface area contributed by atoms with Gasteiger partial charge in [0, 0.05) is 26.2 Å². The third kappa shape index (κ3) is 4.53. The molecule has 0 radical (unpaired) electrons. The molecule has 31 heavy (non-hydrogen) atoms. The van der Waals surface area contributed by atoms with Crippen LogP contribution in [-0.2, 0) is 9.53 Å². The van der Waals surface area contributed by atoms with Crippen LogP contribution in [-0.4, -0.2) is 84.4 Å². The molecule has 7 nitrogen and oxygen atoms in total. The molecule has 168 valence electrons. The van der Waals surface area contributed by atoms with Crippen LogP contribution in [0.25, 0.3) is 0 Å². The van der Waals surface area contributed by atoms with Crippen LogP contribution in [0.2, 0.25) is 0 Å². The van der Waals surface area contributed by atoms with Crippen molar-refractivity contribution in [3.05, 3.63) is 35.4 Å². The molecular formula is C24H33N3O4. The standard InChI is InChI=1S/C24H33N3O4/c1-17(2)21(27-22(28)19-5-3-4-6-20(19)23(27)29)24(30)26-11-8-18(9-12-26)7-10-25-13-15-31-16-14-25/h3-6,17-18,21H,7-16H2,1-2H3. The maximum absolute atomic E-state index is 13.4. The quantitative estimate of drug-likeness (QED) is 0.652. The van der Waals surface area contributed by atoms with E-state index in [1.807, 2.05) is 18.7 Å². The summed E-state index contributed by atoms with van der Waals surface area (Å²) in [5.41, 5.74) is 0.792. The molecule has 7 heteroatoms. The van der Waals surface area contributed by atoms with E-state index in [-0.39, 0.29) is 23.6 Å². The van der Waals surface area contributed by atoms with Crippen molar-refractivity contribution >= 4 is 17.7 Å². The molecule has 0 aromatic heterocycles. The molecule has 1 atom stereocenters. The number of carbonyl (C=O) groups excluding carboxylic acids is 3. The lowest BCUT2D eigenvalue weighted by Gasteiger charge is -2.38. The summed E-state index contributed by atoms with van der Waals surface area (Å²) in [6.07, 6.45) is 3.10. The van der Waals surface area contributed by atoms with Crippen molar-refractivity contribution < 1.29 is 19.1 Å². The number of likely N-dealkylation sites (tertiary alicyclic amines) is 1. The molecule has 1 aromatic carbocycles. The summed E-state index contributed by atoms with van der Waals surface area (Å²) >= 11 is 0. The van der Waals surface area contributed by atoms with E-state index in [0.29, 0.717) is 30.1 Å². The maximum Gasteiger partial charge on any atom is 0.262 e. The van der Waals surface area contributed by atoms with E-state index in [2.05, 4.69) is 4.90 Å². The Balaban J connectivity index is 1.36. The van der Waals surface area contributed by atoms with Crippen molar-refractivity contribution in [3.8, 4) is 0 Å². The molecule has 0 aliphatic carbocycles. The van der Waals surface area contributed by atoms with Gasteiger partial charge in [0.25, 0.3) is 11.8 Å². The minimum atomic E-state index is -0.753. The number of benzene rings is 1. The molecule has 3 heterocycles. The summed E-state index contributed by atoms with van der Waals surface area (Å²) in [7, 11) is 0. The summed E-state index contributed by atoms with van der Waals surface area (Å²) in [5.74, 6) is -0.338. The lowest BCUT2D eigenvalue weighted by atomic mass is 9.92. The normalized spacial score (nSPS) is 21.6. The third-order valence-electron chi connectivity index (χ3n) is 6.87. The molecule has 0 spiro atoms. The van der Waals surface area contributed by atoms with Crippen LogP contribution >= 0.6 is 0 Å². The second-order valence-electron chi connectivity index (χ2n) is 9.23. The zero-order valence-electron chi connectivity index (χ0n) is 18.6. The first-order chi connectivity index (χ1) is 15.0. The largest absolute Gasteiger partial charge is 0.379 e. The van der Waals surface area contributed by atoms with E-state index in [0.717, 1.165) is 52.1 Å². The van der Waals surface area contributed by atoms with Crippen molar-refractivity contribution in [1.82, 2.24) is 14.7 Å². The van der Waals surface area contributed by atoms with Gasteiger partial charge in [-0.1, -0.05) is 26.0 Å². The van der Waals surface area contributed by atoms with Gasteiger partial charge in [-0.2, -0.15) is 0 Å². The lowest BCUT2D eigenvalue weighted by Crippen LogP contribution is -2.54. The van der Waals surface area contributed by atoms with E-state index < -0.39 is 6.04 Å². The number of fused-ring (bicyclic) bond motifs is 1. The van der Waals surface area contributed by atoms with Gasteiger partial charge in [-0.3, -0.25) is 24.2 Å². The zero-order chi connectivity index (χ0) is 22.0. The van der Waals surface area contributed by atoms with Gasteiger partial charge < -0.3 is 9.64 Å². The first kappa shape index (κ1) is 22.0. The van der Waals surface area contributed by atoms with E-state index in [1.54, 1.807) is 24.3 Å². The van der Waals surface area contributed by atoms with Crippen molar-refractivity contribution in [2.75, 3.05) is 45.9 Å². The predicted octanol–water partition coefficient (Wildman–Crippen LogP) is 2.27. The first-order valence-electron chi connectivity index (χ1n) is 11.5. The number of carbonyl (C=O) groups is 3. The van der Waals surface area contributed by atoms with Gasteiger partial charge in [0.1, 0.15) is 6.04 Å². The Morgan fingerprint density at radius 3 is 2.13 bits per heavy atom. The minimum Gasteiger partial charge on any atom is -0.379 e. The Morgan fingerprint density at radius 2 is 1.58 bits per heavy atom. The highest BCUT2D eigenvalue weighted by molar-refractivity contribution is 6.22. The average molecular weight is 428 g/mol. The third-order valence-corrected chi connectivity index (χ3v) is 6.87. The van der Waals surface area contributed by atoms with Crippen molar-refractivity contribution in [3.63, 3.8) is 0 Å². The number of hydrogen-bond acceptors (Lipinski definition) is 5. The summed E-state index contributed by atoms with van der Waals surface area (Å²) in [4.78, 5) is 44.8. The highest BCUT2D eigenvalue weighted by Gasteiger charge is 2.45. The maximum atomic E-state index is 13.4. The molecule has 2 fully saturated rings. The van der Waals surface area contributed by atoms with Gasteiger partial charge in [0.05, 0.1) is 24.3 Å². The smallest absolute Gasteiger partial charge is 0.262 e. The highest BCUT2D eigenvalue weighted by Crippen LogP contribution is 2.29. The van der Waals surface area contributed by atoms with Gasteiger partial charge in [0.15, 0.2) is 0 Å². The zero-order valence-corrected chi connectivity index (χ0v) is 18.6. The first-order valence-corrected chi connectivity index (χ1v) is 11.5. The van der Waals surface area contributed by atoms with E-state index >= 15 is 0 Å². The van der Waals surface area contributed by atoms with Crippen LogP contribution in [0, 0.1) is 11.8 Å². The average Bonchev–Trinajstić information content (AvgIpc) is 3.04. The fraction of sp³-hybridized carbons (Fsp3) is 0.625. The fourth-order valence-electron chi connectivity index (χ4n) is 4.97. The second-order valence-corrected chi connectivity index (χ2v) is 9.23. The Hall–Kier alpha value is -2.25. The van der Waals surface area contributed by atoms with Crippen LogP contribution < -0.4 is 0 Å². The van der Waals surface area contributed by atoms with Crippen LogP contribution in [0.3, 0.4) is 0 Å². The molecule has 3 aliphatic rings. The summed E-state index contributed by atoms with van der Waals surface area (Å²) < 4.78 is 5.41. The fourth-order valence-corrected chi connectivity index (χ4v) is 4.97. The molecule has 0 bridgehead atoms. The number of imide groups is 1. The monoisotopic (exact) mass is 427 g/mol. The van der Waals surface area contributed by atoms with Gasteiger partial charge in [-0.05, 0) is 49.8 Å². The van der Waals surface area contributed by atoms with Crippen LogP contribution in [0.5, 0.6) is 0 Å². The van der Waals surface area contributed by atoms with Crippen molar-refractivity contribution in [1.29, 1.82) is 0 Å². The van der Waals surface area contributed by atoms with Crippen LogP contribution in [0.4, 0.5) is 0 Å². The number of hydrogen-bond donors (Lipinski definition) is 0. The van der Waals surface area contributed by atoms with Crippen LogP contribution in [0.1, 0.15) is 53.8 Å². The van der Waals surface area contributed by atoms with Crippen molar-refractivity contribution in [2.24, 2.45) is 11.8 Å². The molecule has 3 amide bonds.